The van der Waals surface area contributed by atoms with Crippen molar-refractivity contribution in [2.75, 3.05) is 7.11 Å². The monoisotopic (exact) mass is 329 g/mol. The molecule has 1 aromatic heterocycles. The normalized spacial score (nSPS) is 10.6. The smallest absolute Gasteiger partial charge is 0.339 e. The Bertz CT molecular complexity index is 723. The fourth-order valence-electron chi connectivity index (χ4n) is 2.74. The average Bonchev–Trinajstić information content (AvgIpc) is 2.56. The van der Waals surface area contributed by atoms with Crippen LogP contribution in [-0.4, -0.2) is 28.3 Å². The highest BCUT2D eigenvalue weighted by molar-refractivity contribution is 5.93. The predicted octanol–water partition coefficient (Wildman–Crippen LogP) is 3.54. The summed E-state index contributed by atoms with van der Waals surface area (Å²) < 4.78 is 5.14. The lowest BCUT2D eigenvalue weighted by atomic mass is 9.99. The zero-order chi connectivity index (χ0) is 17.7. The number of ether oxygens (including phenoxy) is 1. The van der Waals surface area contributed by atoms with Crippen LogP contribution in [0.15, 0.2) is 24.3 Å². The van der Waals surface area contributed by atoms with Gasteiger partial charge in [0.25, 0.3) is 0 Å². The van der Waals surface area contributed by atoms with E-state index < -0.39 is 5.97 Å². The number of pyridine rings is 1. The minimum absolute atomic E-state index is 0.0295. The molecule has 5 heteroatoms. The topological polar surface area (TPSA) is 79.7 Å². The largest absolute Gasteiger partial charge is 0.505 e. The quantitative estimate of drug-likeness (QED) is 0.812. The van der Waals surface area contributed by atoms with Gasteiger partial charge in [-0.2, -0.15) is 0 Å². The van der Waals surface area contributed by atoms with Gasteiger partial charge in [0, 0.05) is 5.69 Å². The zero-order valence-electron chi connectivity index (χ0n) is 14.3. The molecule has 1 heterocycles. The molecule has 128 valence electrons. The molecule has 24 heavy (non-hydrogen) atoms. The molecular weight excluding hydrogens is 306 g/mol. The molecule has 0 aliphatic carbocycles. The summed E-state index contributed by atoms with van der Waals surface area (Å²) in [6.07, 6.45) is 2.71. The third kappa shape index (κ3) is 3.85. The number of aromatic nitrogens is 1. The van der Waals surface area contributed by atoms with Crippen molar-refractivity contribution in [2.45, 2.75) is 39.5 Å². The average molecular weight is 329 g/mol. The molecule has 0 aliphatic rings. The van der Waals surface area contributed by atoms with Gasteiger partial charge in [-0.1, -0.05) is 25.5 Å². The number of methoxy groups -OCH3 is 1. The van der Waals surface area contributed by atoms with E-state index in [-0.39, 0.29) is 11.3 Å². The van der Waals surface area contributed by atoms with Crippen LogP contribution in [0.1, 0.15) is 46.2 Å². The SMILES string of the molecule is CCCc1nc(CCc2ccc(OC)cc2)c(C)c(C(=O)O)c1O. The minimum Gasteiger partial charge on any atom is -0.505 e. The number of nitrogens with zero attached hydrogens (tertiary/aromatic N) is 1. The molecular formula is C19H23NO4. The molecule has 5 nitrogen and oxygen atoms in total. The molecule has 0 aliphatic heterocycles. The number of carbonyl (C=O) groups is 1. The maximum atomic E-state index is 11.5. The molecule has 0 unspecified atom stereocenters. The first-order valence-electron chi connectivity index (χ1n) is 8.05. The molecule has 0 atom stereocenters. The summed E-state index contributed by atoms with van der Waals surface area (Å²) in [6.45, 7) is 3.67. The Morgan fingerprint density at radius 1 is 1.12 bits per heavy atom. The molecule has 0 radical (unpaired) electrons. The first-order valence-corrected chi connectivity index (χ1v) is 8.05. The van der Waals surface area contributed by atoms with E-state index in [0.29, 0.717) is 24.1 Å². The molecule has 0 saturated carbocycles. The van der Waals surface area contributed by atoms with Crippen LogP contribution in [0.2, 0.25) is 0 Å². The molecule has 0 bridgehead atoms. The lowest BCUT2D eigenvalue weighted by Crippen LogP contribution is -2.10. The van der Waals surface area contributed by atoms with Crippen LogP contribution in [-0.2, 0) is 19.3 Å². The first-order chi connectivity index (χ1) is 11.5. The van der Waals surface area contributed by atoms with Crippen LogP contribution < -0.4 is 4.74 Å². The number of carboxylic acids is 1. The van der Waals surface area contributed by atoms with Gasteiger partial charge >= 0.3 is 5.97 Å². The Kier molecular flexibility index (Phi) is 5.79. The number of hydrogen-bond donors (Lipinski definition) is 2. The van der Waals surface area contributed by atoms with E-state index in [1.165, 1.54) is 0 Å². The fourth-order valence-corrected chi connectivity index (χ4v) is 2.74. The Balaban J connectivity index is 2.29. The van der Waals surface area contributed by atoms with Gasteiger partial charge in [-0.3, -0.25) is 4.98 Å². The van der Waals surface area contributed by atoms with E-state index in [0.717, 1.165) is 29.8 Å². The van der Waals surface area contributed by atoms with E-state index >= 15 is 0 Å². The van der Waals surface area contributed by atoms with E-state index in [9.17, 15) is 15.0 Å². The Hall–Kier alpha value is -2.56. The van der Waals surface area contributed by atoms with E-state index in [2.05, 4.69) is 4.98 Å². The van der Waals surface area contributed by atoms with Crippen LogP contribution >= 0.6 is 0 Å². The second-order valence-electron chi connectivity index (χ2n) is 5.76. The number of aryl methyl sites for hydroxylation is 3. The summed E-state index contributed by atoms with van der Waals surface area (Å²) in [5.41, 5.74) is 2.82. The number of hydrogen-bond acceptors (Lipinski definition) is 4. The lowest BCUT2D eigenvalue weighted by molar-refractivity contribution is 0.0692. The first kappa shape index (κ1) is 17.8. The molecule has 0 amide bonds. The second-order valence-corrected chi connectivity index (χ2v) is 5.76. The van der Waals surface area contributed by atoms with Crippen LogP contribution in [0, 0.1) is 6.92 Å². The van der Waals surface area contributed by atoms with Crippen molar-refractivity contribution in [3.8, 4) is 11.5 Å². The molecule has 0 spiro atoms. The van der Waals surface area contributed by atoms with Gasteiger partial charge in [-0.15, -0.1) is 0 Å². The van der Waals surface area contributed by atoms with E-state index in [1.54, 1.807) is 14.0 Å². The summed E-state index contributed by atoms with van der Waals surface area (Å²) >= 11 is 0. The maximum Gasteiger partial charge on any atom is 0.339 e. The molecule has 1 aromatic carbocycles. The lowest BCUT2D eigenvalue weighted by Gasteiger charge is -2.14. The summed E-state index contributed by atoms with van der Waals surface area (Å²) in [4.78, 5) is 16.0. The van der Waals surface area contributed by atoms with Crippen molar-refractivity contribution in [1.29, 1.82) is 0 Å². The van der Waals surface area contributed by atoms with Gasteiger partial charge < -0.3 is 14.9 Å². The highest BCUT2D eigenvalue weighted by Gasteiger charge is 2.21. The number of aromatic carboxylic acids is 1. The van der Waals surface area contributed by atoms with Crippen LogP contribution in [0.4, 0.5) is 0 Å². The number of carboxylic acid groups (broad SMARTS) is 1. The summed E-state index contributed by atoms with van der Waals surface area (Å²) in [5, 5.41) is 19.6. The van der Waals surface area contributed by atoms with Gasteiger partial charge in [0.1, 0.15) is 11.3 Å². The summed E-state index contributed by atoms with van der Waals surface area (Å²) in [5.74, 6) is -0.512. The van der Waals surface area contributed by atoms with Crippen LogP contribution in [0.5, 0.6) is 11.5 Å². The maximum absolute atomic E-state index is 11.5. The third-order valence-corrected chi connectivity index (χ3v) is 4.10. The number of benzene rings is 1. The van der Waals surface area contributed by atoms with Crippen molar-refractivity contribution >= 4 is 5.97 Å². The Morgan fingerprint density at radius 2 is 1.79 bits per heavy atom. The summed E-state index contributed by atoms with van der Waals surface area (Å²) in [6, 6.07) is 7.77. The van der Waals surface area contributed by atoms with Gasteiger partial charge in [-0.25, -0.2) is 4.79 Å². The standard InChI is InChI=1S/C19H23NO4/c1-4-5-16-18(21)17(19(22)23)12(2)15(20-16)11-8-13-6-9-14(24-3)10-7-13/h6-7,9-10,21H,4-5,8,11H2,1-3H3,(H,22,23). The Morgan fingerprint density at radius 3 is 2.33 bits per heavy atom. The van der Waals surface area contributed by atoms with Crippen LogP contribution in [0.25, 0.3) is 0 Å². The van der Waals surface area contributed by atoms with Crippen molar-refractivity contribution in [3.63, 3.8) is 0 Å². The number of aromatic hydroxyl groups is 1. The highest BCUT2D eigenvalue weighted by atomic mass is 16.5. The molecule has 2 rings (SSSR count). The van der Waals surface area contributed by atoms with E-state index in [1.807, 2.05) is 31.2 Å². The van der Waals surface area contributed by atoms with Gasteiger partial charge in [0.15, 0.2) is 5.75 Å². The predicted molar refractivity (Wildman–Crippen MR) is 92.0 cm³/mol. The van der Waals surface area contributed by atoms with Crippen molar-refractivity contribution in [2.24, 2.45) is 0 Å². The van der Waals surface area contributed by atoms with Crippen molar-refractivity contribution < 1.29 is 19.7 Å². The second kappa shape index (κ2) is 7.81. The molecule has 0 fully saturated rings. The fraction of sp³-hybridized carbons (Fsp3) is 0.368. The third-order valence-electron chi connectivity index (χ3n) is 4.10. The number of rotatable bonds is 7. The Labute approximate surface area is 141 Å². The van der Waals surface area contributed by atoms with Crippen LogP contribution in [0.3, 0.4) is 0 Å². The van der Waals surface area contributed by atoms with Crippen molar-refractivity contribution in [1.82, 2.24) is 4.98 Å². The van der Waals surface area contributed by atoms with Gasteiger partial charge in [0.2, 0.25) is 0 Å². The highest BCUT2D eigenvalue weighted by Crippen LogP contribution is 2.28. The van der Waals surface area contributed by atoms with Crippen molar-refractivity contribution in [3.05, 3.63) is 52.3 Å². The summed E-state index contributed by atoms with van der Waals surface area (Å²) in [7, 11) is 1.63. The van der Waals surface area contributed by atoms with E-state index in [4.69, 9.17) is 4.74 Å². The zero-order valence-corrected chi connectivity index (χ0v) is 14.3. The molecule has 0 saturated heterocycles. The molecule has 2 N–H and O–H groups in total. The minimum atomic E-state index is -1.12. The molecule has 2 aromatic rings. The van der Waals surface area contributed by atoms with Gasteiger partial charge in [0.05, 0.1) is 12.8 Å². The van der Waals surface area contributed by atoms with Gasteiger partial charge in [-0.05, 0) is 49.4 Å².